The number of nitrogens with one attached hydrogen (secondary N) is 1. The van der Waals surface area contributed by atoms with Gasteiger partial charge in [-0.2, -0.15) is 0 Å². The average molecular weight is 249 g/mol. The van der Waals surface area contributed by atoms with Gasteiger partial charge < -0.3 is 14.8 Å². The molecule has 18 heavy (non-hydrogen) atoms. The molecule has 0 heterocycles. The quantitative estimate of drug-likeness (QED) is 0.787. The molecule has 0 saturated heterocycles. The fraction of sp³-hybridized carbons (Fsp3) is 0.357. The van der Waals surface area contributed by atoms with Crippen molar-refractivity contribution in [3.8, 4) is 11.5 Å². The summed E-state index contributed by atoms with van der Waals surface area (Å²) in [7, 11) is 1.54. The van der Waals surface area contributed by atoms with Crippen molar-refractivity contribution in [2.75, 3.05) is 13.7 Å². The highest BCUT2D eigenvalue weighted by Gasteiger charge is 2.11. The van der Waals surface area contributed by atoms with E-state index in [1.807, 2.05) is 13.8 Å². The largest absolute Gasteiger partial charge is 0.493 e. The number of methoxy groups -OCH3 is 1. The average Bonchev–Trinajstić information content (AvgIpc) is 2.35. The second kappa shape index (κ2) is 6.69. The molecule has 4 heteroatoms. The Bertz CT molecular complexity index is 427. The van der Waals surface area contributed by atoms with Gasteiger partial charge in [0.25, 0.3) is 5.91 Å². The summed E-state index contributed by atoms with van der Waals surface area (Å²) in [5.41, 5.74) is 0.548. The molecule has 1 aromatic carbocycles. The Morgan fingerprint density at radius 1 is 1.44 bits per heavy atom. The van der Waals surface area contributed by atoms with Crippen LogP contribution in [0.3, 0.4) is 0 Å². The first-order valence-electron chi connectivity index (χ1n) is 5.81. The summed E-state index contributed by atoms with van der Waals surface area (Å²) in [6, 6.07) is 5.19. The summed E-state index contributed by atoms with van der Waals surface area (Å²) in [5, 5.41) is 2.82. The van der Waals surface area contributed by atoms with Gasteiger partial charge in [-0.3, -0.25) is 4.79 Å². The summed E-state index contributed by atoms with van der Waals surface area (Å²) in [6.45, 7) is 7.80. The summed E-state index contributed by atoms with van der Waals surface area (Å²) in [5.74, 6) is 1.00. The number of carbonyl (C=O) groups excluding carboxylic acids is 1. The molecule has 0 atom stereocenters. The van der Waals surface area contributed by atoms with Gasteiger partial charge in [0.15, 0.2) is 11.5 Å². The van der Waals surface area contributed by atoms with Gasteiger partial charge in [-0.1, -0.05) is 12.7 Å². The Kier molecular flexibility index (Phi) is 5.24. The van der Waals surface area contributed by atoms with Crippen LogP contribution in [0.25, 0.3) is 0 Å². The topological polar surface area (TPSA) is 47.6 Å². The molecule has 0 aliphatic rings. The van der Waals surface area contributed by atoms with E-state index in [1.54, 1.807) is 31.4 Å². The normalized spacial score (nSPS) is 10.0. The first-order valence-corrected chi connectivity index (χ1v) is 5.81. The van der Waals surface area contributed by atoms with Crippen LogP contribution in [0.5, 0.6) is 11.5 Å². The van der Waals surface area contributed by atoms with Crippen LogP contribution in [0.15, 0.2) is 30.9 Å². The minimum atomic E-state index is -0.126. The Labute approximate surface area is 108 Å². The lowest BCUT2D eigenvalue weighted by Crippen LogP contribution is -2.30. The molecular weight excluding hydrogens is 230 g/mol. The predicted molar refractivity (Wildman–Crippen MR) is 71.3 cm³/mol. The minimum Gasteiger partial charge on any atom is -0.493 e. The molecule has 4 nitrogen and oxygen atoms in total. The zero-order chi connectivity index (χ0) is 13.5. The van der Waals surface area contributed by atoms with Crippen molar-refractivity contribution in [2.45, 2.75) is 19.9 Å². The third-order valence-corrected chi connectivity index (χ3v) is 2.20. The Balaban J connectivity index is 2.90. The fourth-order valence-corrected chi connectivity index (χ4v) is 1.42. The number of hydrogen-bond donors (Lipinski definition) is 1. The van der Waals surface area contributed by atoms with Gasteiger partial charge >= 0.3 is 0 Å². The van der Waals surface area contributed by atoms with Gasteiger partial charge in [-0.25, -0.2) is 0 Å². The van der Waals surface area contributed by atoms with Crippen molar-refractivity contribution in [3.05, 3.63) is 36.4 Å². The molecular formula is C14H19NO3. The lowest BCUT2D eigenvalue weighted by molar-refractivity contribution is 0.0942. The fourth-order valence-electron chi connectivity index (χ4n) is 1.42. The minimum absolute atomic E-state index is 0.0974. The lowest BCUT2D eigenvalue weighted by atomic mass is 10.2. The van der Waals surface area contributed by atoms with Crippen LogP contribution in [0, 0.1) is 0 Å². The summed E-state index contributed by atoms with van der Waals surface area (Å²) >= 11 is 0. The van der Waals surface area contributed by atoms with Crippen molar-refractivity contribution in [2.24, 2.45) is 0 Å². The molecule has 1 amide bonds. The third kappa shape index (κ3) is 3.80. The van der Waals surface area contributed by atoms with Gasteiger partial charge in [0.1, 0.15) is 6.61 Å². The highest BCUT2D eigenvalue weighted by Crippen LogP contribution is 2.28. The van der Waals surface area contributed by atoms with Crippen LogP contribution >= 0.6 is 0 Å². The first kappa shape index (κ1) is 14.1. The predicted octanol–water partition coefficient (Wildman–Crippen LogP) is 2.40. The van der Waals surface area contributed by atoms with E-state index in [1.165, 1.54) is 0 Å². The zero-order valence-corrected chi connectivity index (χ0v) is 11.0. The van der Waals surface area contributed by atoms with E-state index in [9.17, 15) is 4.79 Å². The van der Waals surface area contributed by atoms with Crippen molar-refractivity contribution in [1.82, 2.24) is 5.32 Å². The number of benzene rings is 1. The first-order chi connectivity index (χ1) is 8.58. The molecule has 0 radical (unpaired) electrons. The standard InChI is InChI=1S/C14H19NO3/c1-5-8-18-12-7-6-11(9-13(12)17-4)14(16)15-10(2)3/h5-7,9-10H,1,8H2,2-4H3,(H,15,16). The molecule has 0 aliphatic heterocycles. The Hall–Kier alpha value is -1.97. The van der Waals surface area contributed by atoms with Crippen LogP contribution in [0.4, 0.5) is 0 Å². The number of amides is 1. The van der Waals surface area contributed by atoms with E-state index in [-0.39, 0.29) is 11.9 Å². The molecule has 0 spiro atoms. The van der Waals surface area contributed by atoms with E-state index < -0.39 is 0 Å². The van der Waals surface area contributed by atoms with Gasteiger partial charge in [-0.05, 0) is 32.0 Å². The van der Waals surface area contributed by atoms with Gasteiger partial charge in [-0.15, -0.1) is 0 Å². The Morgan fingerprint density at radius 3 is 2.72 bits per heavy atom. The van der Waals surface area contributed by atoms with Gasteiger partial charge in [0.05, 0.1) is 7.11 Å². The molecule has 0 bridgehead atoms. The van der Waals surface area contributed by atoms with E-state index in [0.29, 0.717) is 23.7 Å². The van der Waals surface area contributed by atoms with Crippen LogP contribution in [0.1, 0.15) is 24.2 Å². The molecule has 98 valence electrons. The second-order valence-corrected chi connectivity index (χ2v) is 4.09. The van der Waals surface area contributed by atoms with Crippen LogP contribution in [-0.4, -0.2) is 25.7 Å². The van der Waals surface area contributed by atoms with Gasteiger partial charge in [0, 0.05) is 11.6 Å². The van der Waals surface area contributed by atoms with Crippen molar-refractivity contribution in [1.29, 1.82) is 0 Å². The van der Waals surface area contributed by atoms with Crippen molar-refractivity contribution in [3.63, 3.8) is 0 Å². The highest BCUT2D eigenvalue weighted by molar-refractivity contribution is 5.95. The summed E-state index contributed by atoms with van der Waals surface area (Å²) < 4.78 is 10.6. The third-order valence-electron chi connectivity index (χ3n) is 2.20. The smallest absolute Gasteiger partial charge is 0.251 e. The van der Waals surface area contributed by atoms with Crippen LogP contribution in [-0.2, 0) is 0 Å². The zero-order valence-electron chi connectivity index (χ0n) is 11.0. The van der Waals surface area contributed by atoms with E-state index in [4.69, 9.17) is 9.47 Å². The SMILES string of the molecule is C=CCOc1ccc(C(=O)NC(C)C)cc1OC. The van der Waals surface area contributed by atoms with Crippen molar-refractivity contribution >= 4 is 5.91 Å². The molecule has 0 aliphatic carbocycles. The molecule has 0 unspecified atom stereocenters. The van der Waals surface area contributed by atoms with E-state index in [0.717, 1.165) is 0 Å². The number of rotatable bonds is 6. The van der Waals surface area contributed by atoms with Gasteiger partial charge in [0.2, 0.25) is 0 Å². The highest BCUT2D eigenvalue weighted by atomic mass is 16.5. The molecule has 0 fully saturated rings. The maximum absolute atomic E-state index is 11.8. The monoisotopic (exact) mass is 249 g/mol. The lowest BCUT2D eigenvalue weighted by Gasteiger charge is -2.12. The number of hydrogen-bond acceptors (Lipinski definition) is 3. The summed E-state index contributed by atoms with van der Waals surface area (Å²) in [6.07, 6.45) is 1.65. The maximum atomic E-state index is 11.8. The summed E-state index contributed by atoms with van der Waals surface area (Å²) in [4.78, 5) is 11.8. The molecule has 1 rings (SSSR count). The van der Waals surface area contributed by atoms with E-state index >= 15 is 0 Å². The molecule has 1 aromatic rings. The van der Waals surface area contributed by atoms with Crippen LogP contribution in [0.2, 0.25) is 0 Å². The molecule has 1 N–H and O–H groups in total. The van der Waals surface area contributed by atoms with E-state index in [2.05, 4.69) is 11.9 Å². The molecule has 0 aromatic heterocycles. The Morgan fingerprint density at radius 2 is 2.17 bits per heavy atom. The second-order valence-electron chi connectivity index (χ2n) is 4.09. The number of ether oxygens (including phenoxy) is 2. The molecule has 0 saturated carbocycles. The van der Waals surface area contributed by atoms with Crippen molar-refractivity contribution < 1.29 is 14.3 Å². The number of carbonyl (C=O) groups is 1. The maximum Gasteiger partial charge on any atom is 0.251 e. The van der Waals surface area contributed by atoms with Crippen LogP contribution < -0.4 is 14.8 Å².